The van der Waals surface area contributed by atoms with E-state index in [0.717, 1.165) is 11.3 Å². The summed E-state index contributed by atoms with van der Waals surface area (Å²) in [7, 11) is 0. The van der Waals surface area contributed by atoms with Crippen molar-refractivity contribution in [1.29, 1.82) is 0 Å². The summed E-state index contributed by atoms with van der Waals surface area (Å²) in [5, 5.41) is 0. The number of nitrogens with zero attached hydrogens (tertiary/aromatic N) is 1. The van der Waals surface area contributed by atoms with Crippen molar-refractivity contribution in [2.45, 2.75) is 33.1 Å². The summed E-state index contributed by atoms with van der Waals surface area (Å²) >= 11 is 0. The van der Waals surface area contributed by atoms with Gasteiger partial charge >= 0.3 is 0 Å². The first kappa shape index (κ1) is 24.1. The van der Waals surface area contributed by atoms with E-state index in [-0.39, 0.29) is 5.41 Å². The SMILES string of the molecule is Cc1cc2c(cc1C)C1(c3ccccc3-c3cc(-c4cccc(-c5ccccn5)c4)ccc31)c1cc(C)c(C)cc1-2. The largest absolute Gasteiger partial charge is 0.256 e. The van der Waals surface area contributed by atoms with Gasteiger partial charge in [-0.25, -0.2) is 0 Å². The predicted octanol–water partition coefficient (Wildman–Crippen LogP) is 9.99. The Balaban J connectivity index is 1.41. The quantitative estimate of drug-likeness (QED) is 0.219. The fraction of sp³-hybridized carbons (Fsp3) is 0.125. The monoisotopic (exact) mass is 525 g/mol. The van der Waals surface area contributed by atoms with Gasteiger partial charge in [0.15, 0.2) is 0 Å². The molecule has 0 bridgehead atoms. The van der Waals surface area contributed by atoms with Gasteiger partial charge in [-0.15, -0.1) is 0 Å². The van der Waals surface area contributed by atoms with Crippen LogP contribution < -0.4 is 0 Å². The summed E-state index contributed by atoms with van der Waals surface area (Å²) in [6.07, 6.45) is 1.86. The van der Waals surface area contributed by atoms with Gasteiger partial charge in [-0.05, 0) is 130 Å². The minimum Gasteiger partial charge on any atom is -0.256 e. The van der Waals surface area contributed by atoms with E-state index < -0.39 is 0 Å². The summed E-state index contributed by atoms with van der Waals surface area (Å²) in [5.41, 5.74) is 20.7. The number of aromatic nitrogens is 1. The van der Waals surface area contributed by atoms with Crippen LogP contribution in [-0.4, -0.2) is 4.98 Å². The van der Waals surface area contributed by atoms with Crippen molar-refractivity contribution < 1.29 is 0 Å². The van der Waals surface area contributed by atoms with Crippen LogP contribution in [0.5, 0.6) is 0 Å². The van der Waals surface area contributed by atoms with E-state index in [1.807, 2.05) is 18.3 Å². The van der Waals surface area contributed by atoms with Crippen molar-refractivity contribution in [3.63, 3.8) is 0 Å². The lowest BCUT2D eigenvalue weighted by Gasteiger charge is -2.31. The van der Waals surface area contributed by atoms with Crippen molar-refractivity contribution in [2.75, 3.05) is 0 Å². The molecule has 0 unspecified atom stereocenters. The number of hydrogen-bond donors (Lipinski definition) is 0. The fourth-order valence-corrected chi connectivity index (χ4v) is 7.28. The molecule has 41 heavy (non-hydrogen) atoms. The maximum absolute atomic E-state index is 4.59. The Bertz CT molecular complexity index is 1970. The van der Waals surface area contributed by atoms with Crippen LogP contribution in [-0.2, 0) is 5.41 Å². The standard InChI is InChI=1S/C40H31N/c1-24-18-32-33-19-25(2)27(4)21-38(33)40(37(32)20-26(24)3)35-13-6-5-12-31(35)34-23-29(15-16-36(34)40)28-10-9-11-30(22-28)39-14-7-8-17-41-39/h5-23H,1-4H3. The lowest BCUT2D eigenvalue weighted by Crippen LogP contribution is -2.26. The average Bonchev–Trinajstić information content (AvgIpc) is 3.44. The molecular weight excluding hydrogens is 494 g/mol. The molecule has 6 aromatic rings. The van der Waals surface area contributed by atoms with E-state index in [1.165, 1.54) is 77.9 Å². The van der Waals surface area contributed by atoms with E-state index in [2.05, 4.69) is 130 Å². The highest BCUT2D eigenvalue weighted by Crippen LogP contribution is 2.63. The van der Waals surface area contributed by atoms with Gasteiger partial charge in [0.1, 0.15) is 0 Å². The fourth-order valence-electron chi connectivity index (χ4n) is 7.28. The summed E-state index contributed by atoms with van der Waals surface area (Å²) in [5.74, 6) is 0. The second kappa shape index (κ2) is 8.62. The third-order valence-electron chi connectivity index (χ3n) is 9.57. The molecule has 1 heteroatoms. The number of aryl methyl sites for hydroxylation is 4. The van der Waals surface area contributed by atoms with Crippen LogP contribution in [0.1, 0.15) is 44.5 Å². The summed E-state index contributed by atoms with van der Waals surface area (Å²) in [6.45, 7) is 8.98. The Morgan fingerprint density at radius 3 is 1.71 bits per heavy atom. The van der Waals surface area contributed by atoms with Gasteiger partial charge in [0.2, 0.25) is 0 Å². The van der Waals surface area contributed by atoms with Crippen LogP contribution >= 0.6 is 0 Å². The van der Waals surface area contributed by atoms with E-state index in [9.17, 15) is 0 Å². The molecule has 2 aliphatic carbocycles. The highest BCUT2D eigenvalue weighted by molar-refractivity contribution is 5.96. The van der Waals surface area contributed by atoms with Crippen molar-refractivity contribution in [2.24, 2.45) is 0 Å². The predicted molar refractivity (Wildman–Crippen MR) is 170 cm³/mol. The van der Waals surface area contributed by atoms with Gasteiger partial charge in [0.25, 0.3) is 0 Å². The molecule has 0 atom stereocenters. The Labute approximate surface area is 242 Å². The molecule has 0 saturated heterocycles. The smallest absolute Gasteiger partial charge is 0.0725 e. The third-order valence-corrected chi connectivity index (χ3v) is 9.57. The number of rotatable bonds is 2. The van der Waals surface area contributed by atoms with Gasteiger partial charge in [0.05, 0.1) is 11.1 Å². The highest BCUT2D eigenvalue weighted by atomic mass is 14.7. The maximum Gasteiger partial charge on any atom is 0.0725 e. The molecule has 0 N–H and O–H groups in total. The van der Waals surface area contributed by atoms with Crippen LogP contribution in [0.15, 0.2) is 115 Å². The molecule has 1 heterocycles. The van der Waals surface area contributed by atoms with Crippen LogP contribution in [0.25, 0.3) is 44.6 Å². The van der Waals surface area contributed by atoms with Crippen LogP contribution in [0, 0.1) is 27.7 Å². The van der Waals surface area contributed by atoms with Gasteiger partial charge in [0, 0.05) is 11.8 Å². The second-order valence-corrected chi connectivity index (χ2v) is 11.8. The summed E-state index contributed by atoms with van der Waals surface area (Å²) in [4.78, 5) is 4.59. The molecular formula is C40H31N. The number of hydrogen-bond acceptors (Lipinski definition) is 1. The van der Waals surface area contributed by atoms with E-state index >= 15 is 0 Å². The Morgan fingerprint density at radius 1 is 0.415 bits per heavy atom. The zero-order valence-corrected chi connectivity index (χ0v) is 23.9. The topological polar surface area (TPSA) is 12.9 Å². The lowest BCUT2D eigenvalue weighted by molar-refractivity contribution is 0.791. The van der Waals surface area contributed by atoms with Crippen molar-refractivity contribution in [3.8, 4) is 44.6 Å². The lowest BCUT2D eigenvalue weighted by atomic mass is 9.70. The third kappa shape index (κ3) is 3.27. The number of benzene rings is 5. The van der Waals surface area contributed by atoms with Crippen molar-refractivity contribution in [3.05, 3.63) is 160 Å². The van der Waals surface area contributed by atoms with E-state index in [0.29, 0.717) is 0 Å². The molecule has 0 amide bonds. The van der Waals surface area contributed by atoms with E-state index in [4.69, 9.17) is 0 Å². The minimum absolute atomic E-state index is 0.318. The molecule has 1 nitrogen and oxygen atoms in total. The van der Waals surface area contributed by atoms with Crippen molar-refractivity contribution in [1.82, 2.24) is 4.98 Å². The zero-order chi connectivity index (χ0) is 27.9. The second-order valence-electron chi connectivity index (χ2n) is 11.8. The first-order valence-corrected chi connectivity index (χ1v) is 14.5. The molecule has 0 aliphatic heterocycles. The Hall–Kier alpha value is -4.75. The Kier molecular flexibility index (Phi) is 5.06. The highest BCUT2D eigenvalue weighted by Gasteiger charge is 2.52. The van der Waals surface area contributed by atoms with Crippen LogP contribution in [0.4, 0.5) is 0 Å². The number of fused-ring (bicyclic) bond motifs is 10. The zero-order valence-electron chi connectivity index (χ0n) is 23.9. The van der Waals surface area contributed by atoms with Crippen LogP contribution in [0.2, 0.25) is 0 Å². The van der Waals surface area contributed by atoms with Gasteiger partial charge < -0.3 is 0 Å². The molecule has 0 radical (unpaired) electrons. The van der Waals surface area contributed by atoms with E-state index in [1.54, 1.807) is 0 Å². The first-order valence-electron chi connectivity index (χ1n) is 14.5. The molecule has 196 valence electrons. The molecule has 5 aromatic carbocycles. The number of pyridine rings is 1. The molecule has 8 rings (SSSR count). The molecule has 0 fully saturated rings. The summed E-state index contributed by atoms with van der Waals surface area (Å²) < 4.78 is 0. The Morgan fingerprint density at radius 2 is 1.00 bits per heavy atom. The van der Waals surface area contributed by atoms with Crippen LogP contribution in [0.3, 0.4) is 0 Å². The first-order chi connectivity index (χ1) is 20.0. The molecule has 1 spiro atoms. The maximum atomic E-state index is 4.59. The molecule has 2 aliphatic rings. The normalized spacial score (nSPS) is 13.6. The summed E-state index contributed by atoms with van der Waals surface area (Å²) in [6, 6.07) is 40.8. The van der Waals surface area contributed by atoms with Crippen molar-refractivity contribution >= 4 is 0 Å². The van der Waals surface area contributed by atoms with Gasteiger partial charge in [-0.3, -0.25) is 4.98 Å². The van der Waals surface area contributed by atoms with Gasteiger partial charge in [-0.1, -0.05) is 84.9 Å². The molecule has 1 aromatic heterocycles. The van der Waals surface area contributed by atoms with Gasteiger partial charge in [-0.2, -0.15) is 0 Å². The minimum atomic E-state index is -0.318. The molecule has 0 saturated carbocycles. The average molecular weight is 526 g/mol.